The lowest BCUT2D eigenvalue weighted by molar-refractivity contribution is 0.102. The smallest absolute Gasteiger partial charge is 0.257 e. The van der Waals surface area contributed by atoms with Gasteiger partial charge in [0.15, 0.2) is 0 Å². The molecule has 0 unspecified atom stereocenters. The number of benzene rings is 1. The average Bonchev–Trinajstić information content (AvgIpc) is 2.49. The maximum Gasteiger partial charge on any atom is 0.257 e. The monoisotopic (exact) mass is 316 g/mol. The van der Waals surface area contributed by atoms with Gasteiger partial charge in [-0.15, -0.1) is 0 Å². The first kappa shape index (κ1) is 14.8. The second-order valence-electron chi connectivity index (χ2n) is 3.92. The number of rotatable bonds is 2. The van der Waals surface area contributed by atoms with E-state index in [0.717, 1.165) is 0 Å². The molecule has 0 spiro atoms. The van der Waals surface area contributed by atoms with Gasteiger partial charge in [-0.3, -0.25) is 4.79 Å². The molecule has 0 atom stereocenters. The molecule has 0 radical (unpaired) electrons. The number of carbonyl (C=O) groups is 1. The Kier molecular flexibility index (Phi) is 4.39. The van der Waals surface area contributed by atoms with Gasteiger partial charge >= 0.3 is 0 Å². The predicted octanol–water partition coefficient (Wildman–Crippen LogP) is 3.38. The average molecular weight is 317 g/mol. The Labute approximate surface area is 130 Å². The molecule has 1 amide bonds. The van der Waals surface area contributed by atoms with Gasteiger partial charge < -0.3 is 5.32 Å². The molecule has 5 nitrogen and oxygen atoms in total. The van der Waals surface area contributed by atoms with Crippen molar-refractivity contribution in [3.05, 3.63) is 57.3 Å². The van der Waals surface area contributed by atoms with Crippen LogP contribution in [0.15, 0.2) is 30.5 Å². The molecule has 0 aliphatic rings. The Balaban J connectivity index is 2.30. The molecule has 1 aromatic heterocycles. The van der Waals surface area contributed by atoms with Gasteiger partial charge in [0, 0.05) is 11.9 Å². The summed E-state index contributed by atoms with van der Waals surface area (Å²) in [5.74, 6) is -0.488. The second kappa shape index (κ2) is 6.23. The van der Waals surface area contributed by atoms with E-state index in [1.165, 1.54) is 30.5 Å². The van der Waals surface area contributed by atoms with Crippen molar-refractivity contribution in [2.45, 2.75) is 0 Å². The van der Waals surface area contributed by atoms with Crippen LogP contribution in [0.5, 0.6) is 0 Å². The number of nitriles is 2. The Bertz CT molecular complexity index is 806. The molecule has 2 rings (SSSR count). The SMILES string of the molecule is N#Cc1ccc(NC(=O)c2cc(Cl)ncc2Cl)cc1C#N. The number of halogens is 2. The highest BCUT2D eigenvalue weighted by atomic mass is 35.5. The first-order chi connectivity index (χ1) is 10.0. The fourth-order valence-electron chi connectivity index (χ4n) is 1.60. The van der Waals surface area contributed by atoms with Gasteiger partial charge in [-0.2, -0.15) is 10.5 Å². The van der Waals surface area contributed by atoms with Gasteiger partial charge in [-0.1, -0.05) is 23.2 Å². The van der Waals surface area contributed by atoms with Crippen LogP contribution in [0.25, 0.3) is 0 Å². The zero-order chi connectivity index (χ0) is 15.4. The van der Waals surface area contributed by atoms with Crippen LogP contribution in [-0.2, 0) is 0 Å². The summed E-state index contributed by atoms with van der Waals surface area (Å²) in [5.41, 5.74) is 0.953. The lowest BCUT2D eigenvalue weighted by atomic mass is 10.1. The fraction of sp³-hybridized carbons (Fsp3) is 0. The molecule has 0 aliphatic heterocycles. The third-order valence-corrected chi connectivity index (χ3v) is 3.09. The Morgan fingerprint density at radius 1 is 1.14 bits per heavy atom. The highest BCUT2D eigenvalue weighted by Gasteiger charge is 2.13. The molecule has 102 valence electrons. The molecule has 1 N–H and O–H groups in total. The third kappa shape index (κ3) is 3.29. The van der Waals surface area contributed by atoms with E-state index >= 15 is 0 Å². The van der Waals surface area contributed by atoms with Crippen LogP contribution in [0.4, 0.5) is 5.69 Å². The van der Waals surface area contributed by atoms with E-state index in [4.69, 9.17) is 33.7 Å². The summed E-state index contributed by atoms with van der Waals surface area (Å²) in [5, 5.41) is 20.7. The van der Waals surface area contributed by atoms with E-state index in [1.54, 1.807) is 0 Å². The summed E-state index contributed by atoms with van der Waals surface area (Å²) in [6.45, 7) is 0. The zero-order valence-electron chi connectivity index (χ0n) is 10.4. The summed E-state index contributed by atoms with van der Waals surface area (Å²) < 4.78 is 0. The van der Waals surface area contributed by atoms with Crippen molar-refractivity contribution in [2.75, 3.05) is 5.32 Å². The molecule has 0 fully saturated rings. The van der Waals surface area contributed by atoms with Gasteiger partial charge in [0.2, 0.25) is 0 Å². The summed E-state index contributed by atoms with van der Waals surface area (Å²) in [4.78, 5) is 15.9. The van der Waals surface area contributed by atoms with Crippen LogP contribution >= 0.6 is 23.2 Å². The fourth-order valence-corrected chi connectivity index (χ4v) is 1.94. The molecule has 7 heteroatoms. The topological polar surface area (TPSA) is 89.6 Å². The first-order valence-electron chi connectivity index (χ1n) is 5.62. The Hall–Kier alpha value is -2.60. The molecular formula is C14H6Cl2N4O. The molecule has 2 aromatic rings. The summed E-state index contributed by atoms with van der Waals surface area (Å²) in [6.07, 6.45) is 1.28. The van der Waals surface area contributed by atoms with E-state index < -0.39 is 5.91 Å². The van der Waals surface area contributed by atoms with Crippen LogP contribution in [0, 0.1) is 22.7 Å². The van der Waals surface area contributed by atoms with Gasteiger partial charge in [-0.05, 0) is 24.3 Å². The zero-order valence-corrected chi connectivity index (χ0v) is 11.9. The van der Waals surface area contributed by atoms with Crippen molar-refractivity contribution in [1.29, 1.82) is 10.5 Å². The first-order valence-corrected chi connectivity index (χ1v) is 6.37. The molecule has 0 saturated carbocycles. The number of hydrogen-bond donors (Lipinski definition) is 1. The van der Waals surface area contributed by atoms with Gasteiger partial charge in [0.05, 0.1) is 21.7 Å². The van der Waals surface area contributed by atoms with Gasteiger partial charge in [0.25, 0.3) is 5.91 Å². The van der Waals surface area contributed by atoms with E-state index in [-0.39, 0.29) is 26.9 Å². The van der Waals surface area contributed by atoms with Crippen molar-refractivity contribution < 1.29 is 4.79 Å². The third-order valence-electron chi connectivity index (χ3n) is 2.58. The molecule has 21 heavy (non-hydrogen) atoms. The molecule has 0 aliphatic carbocycles. The standard InChI is InChI=1S/C14H6Cl2N4O/c15-12-7-19-13(16)4-11(12)14(21)20-10-2-1-8(5-17)9(3-10)6-18/h1-4,7H,(H,20,21). The lowest BCUT2D eigenvalue weighted by Gasteiger charge is -2.07. The van der Waals surface area contributed by atoms with Crippen molar-refractivity contribution in [1.82, 2.24) is 4.98 Å². The van der Waals surface area contributed by atoms with E-state index in [1.807, 2.05) is 12.1 Å². The van der Waals surface area contributed by atoms with Crippen LogP contribution < -0.4 is 5.32 Å². The second-order valence-corrected chi connectivity index (χ2v) is 4.72. The van der Waals surface area contributed by atoms with E-state index in [2.05, 4.69) is 10.3 Å². The maximum atomic E-state index is 12.1. The molecule has 0 bridgehead atoms. The largest absolute Gasteiger partial charge is 0.322 e. The van der Waals surface area contributed by atoms with Crippen molar-refractivity contribution >= 4 is 34.8 Å². The van der Waals surface area contributed by atoms with Crippen LogP contribution in [-0.4, -0.2) is 10.9 Å². The van der Waals surface area contributed by atoms with Crippen LogP contribution in [0.2, 0.25) is 10.2 Å². The minimum atomic E-state index is -0.488. The molecule has 0 saturated heterocycles. The van der Waals surface area contributed by atoms with Crippen LogP contribution in [0.3, 0.4) is 0 Å². The minimum Gasteiger partial charge on any atom is -0.322 e. The number of pyridine rings is 1. The van der Waals surface area contributed by atoms with Gasteiger partial charge in [-0.25, -0.2) is 4.98 Å². The highest BCUT2D eigenvalue weighted by Crippen LogP contribution is 2.21. The van der Waals surface area contributed by atoms with Crippen molar-refractivity contribution in [3.8, 4) is 12.1 Å². The number of aromatic nitrogens is 1. The number of anilines is 1. The highest BCUT2D eigenvalue weighted by molar-refractivity contribution is 6.35. The Morgan fingerprint density at radius 2 is 1.86 bits per heavy atom. The molecule has 1 aromatic carbocycles. The lowest BCUT2D eigenvalue weighted by Crippen LogP contribution is -2.13. The number of nitrogens with one attached hydrogen (secondary N) is 1. The summed E-state index contributed by atoms with van der Waals surface area (Å²) in [6, 6.07) is 9.51. The number of nitrogens with zero attached hydrogens (tertiary/aromatic N) is 3. The number of hydrogen-bond acceptors (Lipinski definition) is 4. The maximum absolute atomic E-state index is 12.1. The Morgan fingerprint density at radius 3 is 2.52 bits per heavy atom. The summed E-state index contributed by atoms with van der Waals surface area (Å²) >= 11 is 11.6. The quantitative estimate of drug-likeness (QED) is 0.860. The van der Waals surface area contributed by atoms with Crippen molar-refractivity contribution in [3.63, 3.8) is 0 Å². The van der Waals surface area contributed by atoms with Gasteiger partial charge in [0.1, 0.15) is 17.3 Å². The number of amides is 1. The molecular weight excluding hydrogens is 311 g/mol. The summed E-state index contributed by atoms with van der Waals surface area (Å²) in [7, 11) is 0. The van der Waals surface area contributed by atoms with Crippen LogP contribution in [0.1, 0.15) is 21.5 Å². The van der Waals surface area contributed by atoms with Crippen molar-refractivity contribution in [2.24, 2.45) is 0 Å². The van der Waals surface area contributed by atoms with E-state index in [0.29, 0.717) is 5.69 Å². The van der Waals surface area contributed by atoms with E-state index in [9.17, 15) is 4.79 Å². The minimum absolute atomic E-state index is 0.141. The predicted molar refractivity (Wildman–Crippen MR) is 78.1 cm³/mol. The number of carbonyl (C=O) groups excluding carboxylic acids is 1. The normalized spacial score (nSPS) is 9.52. The molecule has 1 heterocycles.